The number of aliphatic carboxylic acids is 1. The molecule has 0 saturated carbocycles. The molecular formula is C13H17N3O5. The van der Waals surface area contributed by atoms with E-state index in [1.54, 1.807) is 13.8 Å². The second kappa shape index (κ2) is 7.22. The number of benzene rings is 1. The van der Waals surface area contributed by atoms with Crippen LogP contribution in [-0.4, -0.2) is 39.5 Å². The Kier molecular flexibility index (Phi) is 5.65. The van der Waals surface area contributed by atoms with Crippen LogP contribution in [0.4, 0.5) is 16.2 Å². The SMILES string of the molecule is CCN(C(=O)Nc1cccc([N+](=O)[O-])c1)C(C)CC(=O)O. The molecule has 8 heteroatoms. The predicted molar refractivity (Wildman–Crippen MR) is 76.2 cm³/mol. The van der Waals surface area contributed by atoms with Gasteiger partial charge in [-0.05, 0) is 19.9 Å². The van der Waals surface area contributed by atoms with Crippen molar-refractivity contribution in [1.29, 1.82) is 0 Å². The molecule has 2 N–H and O–H groups in total. The van der Waals surface area contributed by atoms with E-state index in [4.69, 9.17) is 5.11 Å². The van der Waals surface area contributed by atoms with Crippen molar-refractivity contribution in [3.63, 3.8) is 0 Å². The number of urea groups is 1. The number of carbonyl (C=O) groups is 2. The first-order valence-electron chi connectivity index (χ1n) is 6.39. The summed E-state index contributed by atoms with van der Waals surface area (Å²) in [5, 5.41) is 22.0. The van der Waals surface area contributed by atoms with E-state index in [1.165, 1.54) is 29.2 Å². The summed E-state index contributed by atoms with van der Waals surface area (Å²) in [6.45, 7) is 3.69. The molecule has 114 valence electrons. The summed E-state index contributed by atoms with van der Waals surface area (Å²) in [4.78, 5) is 34.3. The van der Waals surface area contributed by atoms with Crippen molar-refractivity contribution in [3.05, 3.63) is 34.4 Å². The van der Waals surface area contributed by atoms with E-state index in [9.17, 15) is 19.7 Å². The average molecular weight is 295 g/mol. The average Bonchev–Trinajstić information content (AvgIpc) is 2.38. The van der Waals surface area contributed by atoms with Gasteiger partial charge in [0, 0.05) is 30.4 Å². The van der Waals surface area contributed by atoms with Gasteiger partial charge >= 0.3 is 12.0 Å². The van der Waals surface area contributed by atoms with Gasteiger partial charge in [0.15, 0.2) is 0 Å². The molecule has 8 nitrogen and oxygen atoms in total. The van der Waals surface area contributed by atoms with Crippen LogP contribution in [0.5, 0.6) is 0 Å². The van der Waals surface area contributed by atoms with Gasteiger partial charge in [-0.2, -0.15) is 0 Å². The molecule has 0 bridgehead atoms. The second-order valence-corrected chi connectivity index (χ2v) is 4.47. The standard InChI is InChI=1S/C13H17N3O5/c1-3-15(9(2)7-12(17)18)13(19)14-10-5-4-6-11(8-10)16(20)21/h4-6,8-9H,3,7H2,1-2H3,(H,14,19)(H,17,18). The van der Waals surface area contributed by atoms with Crippen molar-refractivity contribution < 1.29 is 19.6 Å². The van der Waals surface area contributed by atoms with Gasteiger partial charge in [-0.25, -0.2) is 4.79 Å². The lowest BCUT2D eigenvalue weighted by Crippen LogP contribution is -2.42. The maximum absolute atomic E-state index is 12.1. The Bertz CT molecular complexity index is 546. The molecule has 0 heterocycles. The molecule has 0 aliphatic carbocycles. The van der Waals surface area contributed by atoms with Crippen LogP contribution in [0.1, 0.15) is 20.3 Å². The predicted octanol–water partition coefficient (Wildman–Crippen LogP) is 2.31. The lowest BCUT2D eigenvalue weighted by atomic mass is 10.2. The molecule has 21 heavy (non-hydrogen) atoms. The summed E-state index contributed by atoms with van der Waals surface area (Å²) in [7, 11) is 0. The van der Waals surface area contributed by atoms with Crippen LogP contribution in [0.2, 0.25) is 0 Å². The molecule has 1 aromatic rings. The monoisotopic (exact) mass is 295 g/mol. The minimum Gasteiger partial charge on any atom is -0.481 e. The van der Waals surface area contributed by atoms with E-state index in [0.717, 1.165) is 0 Å². The highest BCUT2D eigenvalue weighted by molar-refractivity contribution is 5.90. The molecular weight excluding hydrogens is 278 g/mol. The van der Waals surface area contributed by atoms with Gasteiger partial charge in [0.2, 0.25) is 0 Å². The Balaban J connectivity index is 2.80. The number of amides is 2. The number of anilines is 1. The topological polar surface area (TPSA) is 113 Å². The number of nitrogens with zero attached hydrogens (tertiary/aromatic N) is 2. The fourth-order valence-electron chi connectivity index (χ4n) is 1.91. The number of nitro groups is 1. The number of hydrogen-bond acceptors (Lipinski definition) is 4. The van der Waals surface area contributed by atoms with Crippen LogP contribution in [0.3, 0.4) is 0 Å². The Morgan fingerprint density at radius 1 is 1.48 bits per heavy atom. The first-order chi connectivity index (χ1) is 9.85. The lowest BCUT2D eigenvalue weighted by Gasteiger charge is -2.27. The Morgan fingerprint density at radius 2 is 2.14 bits per heavy atom. The van der Waals surface area contributed by atoms with Crippen molar-refractivity contribution in [3.8, 4) is 0 Å². The highest BCUT2D eigenvalue weighted by atomic mass is 16.6. The zero-order valence-electron chi connectivity index (χ0n) is 11.8. The van der Waals surface area contributed by atoms with Crippen LogP contribution >= 0.6 is 0 Å². The third-order valence-electron chi connectivity index (χ3n) is 2.91. The van der Waals surface area contributed by atoms with Gasteiger partial charge in [-0.15, -0.1) is 0 Å². The minimum absolute atomic E-state index is 0.130. The van der Waals surface area contributed by atoms with Gasteiger partial charge in [-0.3, -0.25) is 14.9 Å². The highest BCUT2D eigenvalue weighted by Gasteiger charge is 2.21. The first kappa shape index (κ1) is 16.4. The maximum Gasteiger partial charge on any atom is 0.322 e. The van der Waals surface area contributed by atoms with Crippen LogP contribution in [0, 0.1) is 10.1 Å². The molecule has 1 rings (SSSR count). The van der Waals surface area contributed by atoms with Crippen LogP contribution in [0.25, 0.3) is 0 Å². The van der Waals surface area contributed by atoms with E-state index in [0.29, 0.717) is 6.54 Å². The molecule has 0 saturated heterocycles. The van der Waals surface area contributed by atoms with Crippen LogP contribution in [0.15, 0.2) is 24.3 Å². The van der Waals surface area contributed by atoms with Crippen LogP contribution < -0.4 is 5.32 Å². The highest BCUT2D eigenvalue weighted by Crippen LogP contribution is 2.18. The van der Waals surface area contributed by atoms with Gasteiger partial charge in [0.25, 0.3) is 5.69 Å². The Hall–Kier alpha value is -2.64. The summed E-state index contributed by atoms with van der Waals surface area (Å²) in [6, 6.07) is 4.58. The molecule has 0 fully saturated rings. The molecule has 0 aliphatic heterocycles. The summed E-state index contributed by atoms with van der Waals surface area (Å²) in [5.41, 5.74) is 0.157. The van der Waals surface area contributed by atoms with Crippen molar-refractivity contribution >= 4 is 23.4 Å². The smallest absolute Gasteiger partial charge is 0.322 e. The Labute approximate surface area is 121 Å². The van der Waals surface area contributed by atoms with Gasteiger partial charge in [0.05, 0.1) is 11.3 Å². The largest absolute Gasteiger partial charge is 0.481 e. The third-order valence-corrected chi connectivity index (χ3v) is 2.91. The molecule has 2 amide bonds. The summed E-state index contributed by atoms with van der Waals surface area (Å²) in [6.07, 6.45) is -0.170. The van der Waals surface area contributed by atoms with Gasteiger partial charge < -0.3 is 15.3 Å². The van der Waals surface area contributed by atoms with Crippen molar-refractivity contribution in [2.75, 3.05) is 11.9 Å². The van der Waals surface area contributed by atoms with Crippen molar-refractivity contribution in [2.24, 2.45) is 0 Å². The third kappa shape index (κ3) is 4.75. The van der Waals surface area contributed by atoms with Crippen LogP contribution in [-0.2, 0) is 4.79 Å². The van der Waals surface area contributed by atoms with Crippen molar-refractivity contribution in [2.45, 2.75) is 26.3 Å². The fourth-order valence-corrected chi connectivity index (χ4v) is 1.91. The second-order valence-electron chi connectivity index (χ2n) is 4.47. The zero-order valence-corrected chi connectivity index (χ0v) is 11.8. The zero-order chi connectivity index (χ0) is 16.0. The van der Waals surface area contributed by atoms with Crippen molar-refractivity contribution in [1.82, 2.24) is 4.90 Å². The molecule has 1 atom stereocenters. The molecule has 0 aromatic heterocycles. The lowest BCUT2D eigenvalue weighted by molar-refractivity contribution is -0.384. The number of nitrogens with one attached hydrogen (secondary N) is 1. The van der Waals surface area contributed by atoms with E-state index in [-0.39, 0.29) is 17.8 Å². The summed E-state index contributed by atoms with van der Waals surface area (Å²) < 4.78 is 0. The van der Waals surface area contributed by atoms with Gasteiger partial charge in [-0.1, -0.05) is 6.07 Å². The number of carboxylic acids is 1. The van der Waals surface area contributed by atoms with E-state index < -0.39 is 23.0 Å². The van der Waals surface area contributed by atoms with E-state index in [1.807, 2.05) is 0 Å². The number of carbonyl (C=O) groups excluding carboxylic acids is 1. The number of rotatable bonds is 6. The molecule has 1 aromatic carbocycles. The number of nitro benzene ring substituents is 1. The Morgan fingerprint density at radius 3 is 2.67 bits per heavy atom. The molecule has 0 radical (unpaired) electrons. The maximum atomic E-state index is 12.1. The number of non-ortho nitro benzene ring substituents is 1. The normalized spacial score (nSPS) is 11.5. The molecule has 0 spiro atoms. The van der Waals surface area contributed by atoms with E-state index in [2.05, 4.69) is 5.32 Å². The first-order valence-corrected chi connectivity index (χ1v) is 6.39. The summed E-state index contributed by atoms with van der Waals surface area (Å²) in [5.74, 6) is -0.996. The van der Waals surface area contributed by atoms with Gasteiger partial charge in [0.1, 0.15) is 0 Å². The quantitative estimate of drug-likeness (QED) is 0.617. The summed E-state index contributed by atoms with van der Waals surface area (Å²) >= 11 is 0. The fraction of sp³-hybridized carbons (Fsp3) is 0.385. The number of hydrogen-bond donors (Lipinski definition) is 2. The minimum atomic E-state index is -0.996. The molecule has 0 aliphatic rings. The van der Waals surface area contributed by atoms with E-state index >= 15 is 0 Å². The number of carboxylic acid groups (broad SMARTS) is 1. The molecule has 1 unspecified atom stereocenters.